The van der Waals surface area contributed by atoms with E-state index in [4.69, 9.17) is 0 Å². The van der Waals surface area contributed by atoms with Crippen molar-refractivity contribution >= 4 is 20.0 Å². The number of hydrogen-bond donors (Lipinski definition) is 0. The van der Waals surface area contributed by atoms with Crippen molar-refractivity contribution in [3.8, 4) is 0 Å². The molecule has 0 spiro atoms. The third-order valence-electron chi connectivity index (χ3n) is 1.55. The Hall–Kier alpha value is -0.870. The first-order valence-corrected chi connectivity index (χ1v) is 6.65. The van der Waals surface area contributed by atoms with Crippen LogP contribution in [0, 0.1) is 0 Å². The maximum Gasteiger partial charge on any atom is 0.480 e. The molecule has 0 N–H and O–H groups in total. The van der Waals surface area contributed by atoms with Crippen molar-refractivity contribution in [3.05, 3.63) is 28.4 Å². The summed E-state index contributed by atoms with van der Waals surface area (Å²) in [4.78, 5) is 0. The van der Waals surface area contributed by atoms with Gasteiger partial charge in [0, 0.05) is 0 Å². The molecule has 92 valence electrons. The Balaban J connectivity index is 2.99. The van der Waals surface area contributed by atoms with E-state index in [0.29, 0.717) is 0 Å². The van der Waals surface area contributed by atoms with Gasteiger partial charge in [0.2, 0.25) is 0 Å². The third kappa shape index (κ3) is 2.62. The Morgan fingerprint density at radius 2 is 1.44 bits per heavy atom. The van der Waals surface area contributed by atoms with E-state index in [1.807, 2.05) is 4.13 Å². The highest BCUT2D eigenvalue weighted by molar-refractivity contribution is 8.13. The first-order valence-electron chi connectivity index (χ1n) is 3.71. The maximum atomic E-state index is 11.9. The van der Waals surface area contributed by atoms with Crippen LogP contribution in [0.3, 0.4) is 0 Å². The molecule has 0 amide bonds. The summed E-state index contributed by atoms with van der Waals surface area (Å²) in [6.45, 7) is 0. The summed E-state index contributed by atoms with van der Waals surface area (Å²) in [5, 5.41) is -1.47. The second-order valence-electron chi connectivity index (χ2n) is 2.74. The Kier molecular flexibility index (Phi) is 3.18. The second kappa shape index (κ2) is 3.86. The summed E-state index contributed by atoms with van der Waals surface area (Å²) < 4.78 is 80.8. The Labute approximate surface area is 89.7 Å². The lowest BCUT2D eigenvalue weighted by Crippen LogP contribution is -2.27. The lowest BCUT2D eigenvalue weighted by atomic mass is 10.5. The molecule has 1 rings (SSSR count). The summed E-state index contributed by atoms with van der Waals surface area (Å²) in [5.74, 6) is 0. The second-order valence-corrected chi connectivity index (χ2v) is 6.33. The molecule has 0 bridgehead atoms. The van der Waals surface area contributed by atoms with E-state index >= 15 is 0 Å². The van der Waals surface area contributed by atoms with Crippen molar-refractivity contribution in [2.24, 2.45) is 0 Å². The summed E-state index contributed by atoms with van der Waals surface area (Å²) in [6.07, 6.45) is 4.56. The molecule has 5 nitrogen and oxygen atoms in total. The molecule has 0 aromatic heterocycles. The predicted molar refractivity (Wildman–Crippen MR) is 49.3 cm³/mol. The molecule has 1 aliphatic rings. The third-order valence-corrected chi connectivity index (χ3v) is 4.75. The highest BCUT2D eigenvalue weighted by atomic mass is 32.3. The zero-order chi connectivity index (χ0) is 12.6. The number of sulfonamides is 2. The van der Waals surface area contributed by atoms with E-state index in [2.05, 4.69) is 0 Å². The molecule has 0 aromatic rings. The van der Waals surface area contributed by atoms with Crippen molar-refractivity contribution in [3.63, 3.8) is 0 Å². The Morgan fingerprint density at radius 3 is 1.81 bits per heavy atom. The number of rotatable bonds is 3. The molecule has 0 saturated heterocycles. The van der Waals surface area contributed by atoms with Crippen LogP contribution < -0.4 is 0 Å². The van der Waals surface area contributed by atoms with Crippen LogP contribution in [-0.2, 0) is 20.0 Å². The van der Waals surface area contributed by atoms with Crippen molar-refractivity contribution in [2.75, 3.05) is 0 Å². The lowest BCUT2D eigenvalue weighted by Gasteiger charge is -2.24. The first-order chi connectivity index (χ1) is 7.06. The largest absolute Gasteiger partial charge is 0.480 e. The molecule has 0 aromatic carbocycles. The minimum atomic E-state index is -6.02. The van der Waals surface area contributed by atoms with Gasteiger partial charge in [0.1, 0.15) is 0 Å². The molecule has 0 radical (unpaired) electrons. The quantitative estimate of drug-likeness (QED) is 0.771. The molecule has 0 aliphatic heterocycles. The molecule has 0 atom stereocenters. The van der Waals surface area contributed by atoms with Gasteiger partial charge in [-0.25, -0.2) is 16.8 Å². The number of hydrogen-bond acceptors (Lipinski definition) is 4. The predicted octanol–water partition coefficient (Wildman–Crippen LogP) is 1.03. The molecular formula is C6H5F3NO4S2-. The van der Waals surface area contributed by atoms with Gasteiger partial charge in [-0.2, -0.15) is 13.2 Å². The van der Waals surface area contributed by atoms with Crippen LogP contribution in [0.4, 0.5) is 13.2 Å². The average Bonchev–Trinajstić information content (AvgIpc) is 2.50. The van der Waals surface area contributed by atoms with Crippen LogP contribution in [0.1, 0.15) is 0 Å². The fourth-order valence-corrected chi connectivity index (χ4v) is 3.25. The van der Waals surface area contributed by atoms with E-state index in [9.17, 15) is 30.0 Å². The van der Waals surface area contributed by atoms with E-state index in [1.165, 1.54) is 12.2 Å². The van der Waals surface area contributed by atoms with Crippen LogP contribution in [-0.4, -0.2) is 27.6 Å². The smallest absolute Gasteiger partial charge is 0.428 e. The van der Waals surface area contributed by atoms with Gasteiger partial charge in [0.05, 0.1) is 15.3 Å². The van der Waals surface area contributed by atoms with Crippen molar-refractivity contribution in [1.29, 1.82) is 0 Å². The van der Waals surface area contributed by atoms with Crippen molar-refractivity contribution in [2.45, 2.75) is 10.8 Å². The molecule has 0 fully saturated rings. The average molecular weight is 276 g/mol. The lowest BCUT2D eigenvalue weighted by molar-refractivity contribution is -0.0425. The molecule has 0 heterocycles. The van der Waals surface area contributed by atoms with Gasteiger partial charge < -0.3 is 4.13 Å². The molecular weight excluding hydrogens is 271 g/mol. The summed E-state index contributed by atoms with van der Waals surface area (Å²) in [5.41, 5.74) is -5.72. The fraction of sp³-hybridized carbons (Fsp3) is 0.333. The van der Waals surface area contributed by atoms with Gasteiger partial charge in [0.15, 0.2) is 10.0 Å². The van der Waals surface area contributed by atoms with Crippen LogP contribution in [0.2, 0.25) is 0 Å². The normalized spacial score (nSPS) is 18.2. The summed E-state index contributed by atoms with van der Waals surface area (Å²) in [6, 6.07) is 0. The van der Waals surface area contributed by atoms with Crippen LogP contribution in [0.15, 0.2) is 24.3 Å². The Morgan fingerprint density at radius 1 is 1.00 bits per heavy atom. The standard InChI is InChI=1S/C6H5F3NO4S2/c7-6(8,9)16(13,14)10-15(11,12)5-3-1-2-4-5/h1-5H/q-1. The fourth-order valence-electron chi connectivity index (χ4n) is 0.839. The van der Waals surface area contributed by atoms with E-state index in [0.717, 1.165) is 12.2 Å². The minimum Gasteiger partial charge on any atom is -0.428 e. The van der Waals surface area contributed by atoms with Gasteiger partial charge in [-0.3, -0.25) is 0 Å². The highest BCUT2D eigenvalue weighted by Crippen LogP contribution is 2.32. The molecule has 1 aliphatic carbocycles. The van der Waals surface area contributed by atoms with Crippen LogP contribution in [0.25, 0.3) is 4.13 Å². The van der Waals surface area contributed by atoms with Gasteiger partial charge >= 0.3 is 5.51 Å². The summed E-state index contributed by atoms with van der Waals surface area (Å²) in [7, 11) is -10.8. The van der Waals surface area contributed by atoms with E-state index in [1.54, 1.807) is 0 Å². The van der Waals surface area contributed by atoms with Crippen molar-refractivity contribution < 1.29 is 30.0 Å². The molecule has 16 heavy (non-hydrogen) atoms. The topological polar surface area (TPSA) is 82.4 Å². The first kappa shape index (κ1) is 13.2. The van der Waals surface area contributed by atoms with Gasteiger partial charge in [-0.05, 0) is 0 Å². The highest BCUT2D eigenvalue weighted by Gasteiger charge is 2.41. The van der Waals surface area contributed by atoms with E-state index in [-0.39, 0.29) is 0 Å². The van der Waals surface area contributed by atoms with Crippen LogP contribution in [0.5, 0.6) is 0 Å². The maximum absolute atomic E-state index is 11.9. The van der Waals surface area contributed by atoms with E-state index < -0.39 is 30.8 Å². The number of nitrogens with zero attached hydrogens (tertiary/aromatic N) is 1. The monoisotopic (exact) mass is 276 g/mol. The Bertz CT molecular complexity index is 517. The zero-order valence-electron chi connectivity index (χ0n) is 7.42. The molecule has 10 heteroatoms. The minimum absolute atomic E-state index is 1.02. The van der Waals surface area contributed by atoms with Gasteiger partial charge in [-0.15, -0.1) is 0 Å². The number of alkyl halides is 3. The number of halogens is 3. The molecule has 0 unspecified atom stereocenters. The van der Waals surface area contributed by atoms with Gasteiger partial charge in [0.25, 0.3) is 0 Å². The number of allylic oxidation sites excluding steroid dienone is 2. The SMILES string of the molecule is O=S(=O)([N-]S(=O)(=O)C(F)(F)F)C1C=CC=C1. The molecule has 0 saturated carbocycles. The van der Waals surface area contributed by atoms with Crippen LogP contribution >= 0.6 is 0 Å². The zero-order valence-corrected chi connectivity index (χ0v) is 9.05. The summed E-state index contributed by atoms with van der Waals surface area (Å²) >= 11 is 0. The van der Waals surface area contributed by atoms with Crippen molar-refractivity contribution in [1.82, 2.24) is 0 Å². The van der Waals surface area contributed by atoms with Gasteiger partial charge in [-0.1, -0.05) is 24.3 Å².